The minimum atomic E-state index is -3.79. The third kappa shape index (κ3) is 4.20. The summed E-state index contributed by atoms with van der Waals surface area (Å²) in [7, 11) is -2.12. The van der Waals surface area contributed by atoms with Gasteiger partial charge >= 0.3 is 0 Å². The Labute approximate surface area is 188 Å². The first-order chi connectivity index (χ1) is 15.4. The molecule has 168 valence electrons. The van der Waals surface area contributed by atoms with Gasteiger partial charge in [0.05, 0.1) is 23.9 Å². The fraction of sp³-hybridized carbons (Fsp3) is 0.304. The third-order valence-corrected chi connectivity index (χ3v) is 7.48. The number of aromatic nitrogens is 2. The zero-order valence-corrected chi connectivity index (χ0v) is 19.0. The predicted octanol–water partition coefficient (Wildman–Crippen LogP) is 2.79. The molecule has 0 aliphatic carbocycles. The lowest BCUT2D eigenvalue weighted by Crippen LogP contribution is -2.47. The summed E-state index contributed by atoms with van der Waals surface area (Å²) < 4.78 is 31.5. The van der Waals surface area contributed by atoms with Crippen LogP contribution in [0.4, 0.5) is 17.5 Å². The van der Waals surface area contributed by atoms with Gasteiger partial charge in [0, 0.05) is 26.2 Å². The van der Waals surface area contributed by atoms with Crippen molar-refractivity contribution in [1.82, 2.24) is 9.97 Å². The van der Waals surface area contributed by atoms with Crippen LogP contribution in [-0.4, -0.2) is 51.7 Å². The number of nitrogens with zero attached hydrogens (tertiary/aromatic N) is 4. The molecule has 0 unspecified atom stereocenters. The van der Waals surface area contributed by atoms with E-state index in [1.165, 1.54) is 6.20 Å². The Balaban J connectivity index is 1.50. The van der Waals surface area contributed by atoms with Crippen molar-refractivity contribution in [1.29, 1.82) is 0 Å². The number of rotatable bonds is 6. The summed E-state index contributed by atoms with van der Waals surface area (Å²) in [5.74, 6) is 1.23. The van der Waals surface area contributed by atoms with Crippen LogP contribution in [0.1, 0.15) is 12.5 Å². The molecule has 0 saturated carbocycles. The Hall–Kier alpha value is -3.33. The van der Waals surface area contributed by atoms with Crippen molar-refractivity contribution in [2.75, 3.05) is 48.8 Å². The van der Waals surface area contributed by atoms with E-state index in [2.05, 4.69) is 14.9 Å². The van der Waals surface area contributed by atoms with Gasteiger partial charge in [-0.3, -0.25) is 0 Å². The van der Waals surface area contributed by atoms with E-state index in [0.29, 0.717) is 19.0 Å². The molecule has 4 rings (SSSR count). The highest BCUT2D eigenvalue weighted by atomic mass is 32.2. The monoisotopic (exact) mass is 453 g/mol. The van der Waals surface area contributed by atoms with Gasteiger partial charge in [0.1, 0.15) is 16.5 Å². The van der Waals surface area contributed by atoms with Crippen molar-refractivity contribution in [3.8, 4) is 5.75 Å². The van der Waals surface area contributed by atoms with Crippen LogP contribution in [0.15, 0.2) is 64.5 Å². The summed E-state index contributed by atoms with van der Waals surface area (Å²) in [4.78, 5) is 13.0. The van der Waals surface area contributed by atoms with Gasteiger partial charge in [-0.1, -0.05) is 31.2 Å². The highest BCUT2D eigenvalue weighted by Gasteiger charge is 2.25. The van der Waals surface area contributed by atoms with Crippen LogP contribution >= 0.6 is 0 Å². The number of sulfone groups is 1. The molecule has 1 aliphatic rings. The number of aryl methyl sites for hydroxylation is 1. The van der Waals surface area contributed by atoms with E-state index >= 15 is 0 Å². The molecule has 1 fully saturated rings. The highest BCUT2D eigenvalue weighted by Crippen LogP contribution is 2.30. The van der Waals surface area contributed by atoms with E-state index in [9.17, 15) is 8.42 Å². The fourth-order valence-electron chi connectivity index (χ4n) is 3.80. The topological polar surface area (TPSA) is 102 Å². The molecular formula is C23H27N5O3S. The molecule has 0 atom stereocenters. The molecule has 32 heavy (non-hydrogen) atoms. The summed E-state index contributed by atoms with van der Waals surface area (Å²) >= 11 is 0. The number of anilines is 3. The zero-order chi connectivity index (χ0) is 22.7. The molecular weight excluding hydrogens is 426 g/mol. The van der Waals surface area contributed by atoms with Gasteiger partial charge in [-0.05, 0) is 36.2 Å². The number of hydrogen-bond donors (Lipinski definition) is 1. The third-order valence-electron chi connectivity index (χ3n) is 5.69. The summed E-state index contributed by atoms with van der Waals surface area (Å²) in [6.45, 7) is 4.90. The van der Waals surface area contributed by atoms with E-state index in [1.807, 2.05) is 36.1 Å². The predicted molar refractivity (Wildman–Crippen MR) is 125 cm³/mol. The second kappa shape index (κ2) is 9.04. The number of nitrogen functional groups attached to an aromatic ring is 1. The Morgan fingerprint density at radius 2 is 1.66 bits per heavy atom. The van der Waals surface area contributed by atoms with Gasteiger partial charge in [0.15, 0.2) is 0 Å². The van der Waals surface area contributed by atoms with Gasteiger partial charge in [0.25, 0.3) is 0 Å². The largest absolute Gasteiger partial charge is 0.495 e. The zero-order valence-electron chi connectivity index (χ0n) is 18.2. The first kappa shape index (κ1) is 21.9. The first-order valence-corrected chi connectivity index (χ1v) is 12.0. The fourth-order valence-corrected chi connectivity index (χ4v) is 5.06. The maximum Gasteiger partial charge on any atom is 0.227 e. The average Bonchev–Trinajstić information content (AvgIpc) is 2.84. The van der Waals surface area contributed by atoms with Crippen LogP contribution in [0, 0.1) is 0 Å². The SMILES string of the molecule is CCc1ccc(S(=O)(=O)c2cnc(N3CCN(c4ccccc4OC)CC3)nc2N)cc1. The van der Waals surface area contributed by atoms with Crippen LogP contribution in [0.25, 0.3) is 0 Å². The van der Waals surface area contributed by atoms with Crippen LogP contribution in [0.2, 0.25) is 0 Å². The Morgan fingerprint density at radius 1 is 1.00 bits per heavy atom. The number of para-hydroxylation sites is 2. The summed E-state index contributed by atoms with van der Waals surface area (Å²) in [5.41, 5.74) is 8.19. The summed E-state index contributed by atoms with van der Waals surface area (Å²) in [5, 5.41) is 0. The molecule has 1 saturated heterocycles. The number of nitrogens with two attached hydrogens (primary N) is 1. The second-order valence-corrected chi connectivity index (χ2v) is 9.48. The maximum atomic E-state index is 13.0. The van der Waals surface area contributed by atoms with Gasteiger partial charge in [0.2, 0.25) is 15.8 Å². The molecule has 0 spiro atoms. The van der Waals surface area contributed by atoms with Crippen molar-refractivity contribution in [3.63, 3.8) is 0 Å². The lowest BCUT2D eigenvalue weighted by atomic mass is 10.2. The maximum absolute atomic E-state index is 13.0. The van der Waals surface area contributed by atoms with Gasteiger partial charge in [-0.15, -0.1) is 0 Å². The van der Waals surface area contributed by atoms with Crippen LogP contribution in [-0.2, 0) is 16.3 Å². The number of benzene rings is 2. The van der Waals surface area contributed by atoms with E-state index < -0.39 is 9.84 Å². The lowest BCUT2D eigenvalue weighted by Gasteiger charge is -2.36. The Morgan fingerprint density at radius 3 is 2.28 bits per heavy atom. The van der Waals surface area contributed by atoms with Crippen molar-refractivity contribution in [2.45, 2.75) is 23.1 Å². The van der Waals surface area contributed by atoms with Crippen molar-refractivity contribution in [3.05, 3.63) is 60.3 Å². The number of ether oxygens (including phenoxy) is 1. The van der Waals surface area contributed by atoms with Crippen LogP contribution < -0.4 is 20.3 Å². The Kier molecular flexibility index (Phi) is 6.18. The first-order valence-electron chi connectivity index (χ1n) is 10.5. The molecule has 0 radical (unpaired) electrons. The molecule has 0 amide bonds. The van der Waals surface area contributed by atoms with E-state index in [4.69, 9.17) is 10.5 Å². The van der Waals surface area contributed by atoms with Gasteiger partial charge < -0.3 is 20.3 Å². The minimum Gasteiger partial charge on any atom is -0.495 e. The molecule has 9 heteroatoms. The number of piperazine rings is 1. The minimum absolute atomic E-state index is 0.0401. The summed E-state index contributed by atoms with van der Waals surface area (Å²) in [6, 6.07) is 14.7. The average molecular weight is 454 g/mol. The van der Waals surface area contributed by atoms with Crippen molar-refractivity contribution in [2.24, 2.45) is 0 Å². The molecule has 3 aromatic rings. The Bertz CT molecular complexity index is 1190. The van der Waals surface area contributed by atoms with Crippen molar-refractivity contribution < 1.29 is 13.2 Å². The van der Waals surface area contributed by atoms with Crippen molar-refractivity contribution >= 4 is 27.3 Å². The molecule has 0 bridgehead atoms. The quantitative estimate of drug-likeness (QED) is 0.608. The smallest absolute Gasteiger partial charge is 0.227 e. The second-order valence-electron chi connectivity index (χ2n) is 7.57. The van der Waals surface area contributed by atoms with Gasteiger partial charge in [-0.2, -0.15) is 4.98 Å². The van der Waals surface area contributed by atoms with E-state index in [-0.39, 0.29) is 15.6 Å². The molecule has 2 N–H and O–H groups in total. The molecule has 1 aliphatic heterocycles. The lowest BCUT2D eigenvalue weighted by molar-refractivity contribution is 0.413. The molecule has 2 heterocycles. The van der Waals surface area contributed by atoms with Gasteiger partial charge in [-0.25, -0.2) is 13.4 Å². The van der Waals surface area contributed by atoms with E-state index in [1.54, 1.807) is 31.4 Å². The van der Waals surface area contributed by atoms with Crippen LogP contribution in [0.3, 0.4) is 0 Å². The normalized spacial score (nSPS) is 14.4. The summed E-state index contributed by atoms with van der Waals surface area (Å²) in [6.07, 6.45) is 2.15. The van der Waals surface area contributed by atoms with Crippen LogP contribution in [0.5, 0.6) is 5.75 Å². The van der Waals surface area contributed by atoms with E-state index in [0.717, 1.165) is 36.5 Å². The molecule has 2 aromatic carbocycles. The highest BCUT2D eigenvalue weighted by molar-refractivity contribution is 7.91. The number of methoxy groups -OCH3 is 1. The standard InChI is InChI=1S/C23H27N5O3S/c1-3-17-8-10-18(11-9-17)32(29,30)21-16-25-23(26-22(21)24)28-14-12-27(13-15-28)19-6-4-5-7-20(19)31-2/h4-11,16H,3,12-15H2,1-2H3,(H2,24,25,26). The molecule has 8 nitrogen and oxygen atoms in total. The molecule has 1 aromatic heterocycles. The number of hydrogen-bond acceptors (Lipinski definition) is 8.